The van der Waals surface area contributed by atoms with Crippen LogP contribution in [-0.4, -0.2) is 84.1 Å². The smallest absolute Gasteiger partial charge is 0.157 e. The summed E-state index contributed by atoms with van der Waals surface area (Å²) in [4.78, 5) is 0. The molecule has 0 amide bonds. The molecule has 0 aromatic carbocycles. The Morgan fingerprint density at radius 3 is 1.77 bits per heavy atom. The number of hydrogen-bond donors (Lipinski definition) is 1. The first-order valence-corrected chi connectivity index (χ1v) is 8.08. The largest absolute Gasteiger partial charge is 0.394 e. The lowest BCUT2D eigenvalue weighted by atomic mass is 10.2. The van der Waals surface area contributed by atoms with Gasteiger partial charge in [0.25, 0.3) is 0 Å². The van der Waals surface area contributed by atoms with Gasteiger partial charge in [0.05, 0.1) is 66.1 Å². The monoisotopic (exact) mass is 322 g/mol. The summed E-state index contributed by atoms with van der Waals surface area (Å²) in [7, 11) is 0. The van der Waals surface area contributed by atoms with Crippen LogP contribution in [0.2, 0.25) is 0 Å². The van der Waals surface area contributed by atoms with Crippen LogP contribution >= 0.6 is 0 Å². The van der Waals surface area contributed by atoms with Crippen LogP contribution in [0.4, 0.5) is 0 Å². The molecule has 1 N–H and O–H groups in total. The second kappa shape index (κ2) is 15.6. The van der Waals surface area contributed by atoms with E-state index < -0.39 is 0 Å². The molecular formula is C15H30O7. The van der Waals surface area contributed by atoms with Crippen LogP contribution in [0.3, 0.4) is 0 Å². The summed E-state index contributed by atoms with van der Waals surface area (Å²) in [5.74, 6) is 0. The standard InChI is InChI=1S/C15H30O7/c16-4-6-17-7-8-18-9-10-19-11-12-20-13-14-22-15-3-1-2-5-21-15/h15-16H,1-14H2/t15-/m0/s1. The van der Waals surface area contributed by atoms with E-state index in [1.165, 1.54) is 6.42 Å². The molecule has 0 aromatic heterocycles. The Kier molecular flexibility index (Phi) is 14.0. The van der Waals surface area contributed by atoms with Crippen molar-refractivity contribution in [3.8, 4) is 0 Å². The predicted molar refractivity (Wildman–Crippen MR) is 79.9 cm³/mol. The lowest BCUT2D eigenvalue weighted by Crippen LogP contribution is -2.24. The van der Waals surface area contributed by atoms with Gasteiger partial charge < -0.3 is 33.5 Å². The van der Waals surface area contributed by atoms with Gasteiger partial charge in [0, 0.05) is 6.61 Å². The highest BCUT2D eigenvalue weighted by atomic mass is 16.7. The number of aliphatic hydroxyl groups excluding tert-OH is 1. The average Bonchev–Trinajstić information content (AvgIpc) is 2.56. The second-order valence-electron chi connectivity index (χ2n) is 4.84. The minimum Gasteiger partial charge on any atom is -0.394 e. The SMILES string of the molecule is OCCOCCOCCOCCOCCO[C@H]1CCCCO1. The molecule has 0 aliphatic carbocycles. The molecule has 0 unspecified atom stereocenters. The molecule has 1 saturated heterocycles. The van der Waals surface area contributed by atoms with Crippen molar-refractivity contribution in [1.82, 2.24) is 0 Å². The number of aliphatic hydroxyl groups is 1. The van der Waals surface area contributed by atoms with E-state index in [1.54, 1.807) is 0 Å². The fourth-order valence-electron chi connectivity index (χ4n) is 1.91. The fraction of sp³-hybridized carbons (Fsp3) is 1.00. The molecule has 22 heavy (non-hydrogen) atoms. The Balaban J connectivity index is 1.68. The molecule has 0 radical (unpaired) electrons. The van der Waals surface area contributed by atoms with Gasteiger partial charge in [-0.05, 0) is 19.3 Å². The average molecular weight is 322 g/mol. The first kappa shape index (κ1) is 19.8. The molecule has 1 aliphatic rings. The molecule has 7 nitrogen and oxygen atoms in total. The van der Waals surface area contributed by atoms with E-state index in [2.05, 4.69) is 0 Å². The molecule has 1 rings (SSSR count). The Morgan fingerprint density at radius 1 is 0.727 bits per heavy atom. The van der Waals surface area contributed by atoms with E-state index in [0.717, 1.165) is 19.4 Å². The molecule has 0 bridgehead atoms. The van der Waals surface area contributed by atoms with Gasteiger partial charge in [-0.1, -0.05) is 0 Å². The van der Waals surface area contributed by atoms with Crippen LogP contribution in [0.25, 0.3) is 0 Å². The van der Waals surface area contributed by atoms with Crippen molar-refractivity contribution in [2.75, 3.05) is 72.7 Å². The van der Waals surface area contributed by atoms with Crippen molar-refractivity contribution in [1.29, 1.82) is 0 Å². The molecule has 0 aromatic rings. The van der Waals surface area contributed by atoms with Gasteiger partial charge in [-0.2, -0.15) is 0 Å². The number of ether oxygens (including phenoxy) is 6. The highest BCUT2D eigenvalue weighted by Crippen LogP contribution is 2.13. The summed E-state index contributed by atoms with van der Waals surface area (Å²) in [6.45, 7) is 5.49. The van der Waals surface area contributed by atoms with Gasteiger partial charge in [0.15, 0.2) is 6.29 Å². The van der Waals surface area contributed by atoms with Crippen molar-refractivity contribution in [2.24, 2.45) is 0 Å². The van der Waals surface area contributed by atoms with Gasteiger partial charge in [0.2, 0.25) is 0 Å². The lowest BCUT2D eigenvalue weighted by molar-refractivity contribution is -0.169. The van der Waals surface area contributed by atoms with Gasteiger partial charge in [-0.15, -0.1) is 0 Å². The van der Waals surface area contributed by atoms with Crippen LogP contribution in [0.15, 0.2) is 0 Å². The van der Waals surface area contributed by atoms with Crippen LogP contribution in [-0.2, 0) is 28.4 Å². The molecule has 1 aliphatic heterocycles. The molecule has 7 heteroatoms. The Bertz CT molecular complexity index is 222. The van der Waals surface area contributed by atoms with Crippen molar-refractivity contribution >= 4 is 0 Å². The molecule has 132 valence electrons. The summed E-state index contributed by atoms with van der Waals surface area (Å²) >= 11 is 0. The third-order valence-corrected chi connectivity index (χ3v) is 3.02. The zero-order chi connectivity index (χ0) is 15.7. The summed E-state index contributed by atoms with van der Waals surface area (Å²) < 4.78 is 32.1. The maximum Gasteiger partial charge on any atom is 0.157 e. The van der Waals surface area contributed by atoms with E-state index in [9.17, 15) is 0 Å². The van der Waals surface area contributed by atoms with Crippen molar-refractivity contribution in [3.63, 3.8) is 0 Å². The number of rotatable bonds is 15. The Labute approximate surface area is 132 Å². The minimum absolute atomic E-state index is 0.0435. The second-order valence-corrected chi connectivity index (χ2v) is 4.84. The molecule has 1 fully saturated rings. The Morgan fingerprint density at radius 2 is 1.27 bits per heavy atom. The molecule has 0 saturated carbocycles. The van der Waals surface area contributed by atoms with Crippen molar-refractivity contribution in [3.05, 3.63) is 0 Å². The molecular weight excluding hydrogens is 292 g/mol. The van der Waals surface area contributed by atoms with Gasteiger partial charge in [-0.3, -0.25) is 0 Å². The summed E-state index contributed by atoms with van der Waals surface area (Å²) in [5, 5.41) is 8.50. The molecule has 0 spiro atoms. The normalized spacial score (nSPS) is 18.7. The van der Waals surface area contributed by atoms with Gasteiger partial charge in [0.1, 0.15) is 0 Å². The van der Waals surface area contributed by atoms with Crippen LogP contribution in [0.5, 0.6) is 0 Å². The summed E-state index contributed by atoms with van der Waals surface area (Å²) in [5.41, 5.74) is 0. The quantitative estimate of drug-likeness (QED) is 0.442. The predicted octanol–water partition coefficient (Wildman–Crippen LogP) is 0.588. The van der Waals surface area contributed by atoms with Crippen LogP contribution in [0, 0.1) is 0 Å². The van der Waals surface area contributed by atoms with E-state index in [1.807, 2.05) is 0 Å². The van der Waals surface area contributed by atoms with Crippen molar-refractivity contribution < 1.29 is 33.5 Å². The van der Waals surface area contributed by atoms with Crippen molar-refractivity contribution in [2.45, 2.75) is 25.6 Å². The fourth-order valence-corrected chi connectivity index (χ4v) is 1.91. The third kappa shape index (κ3) is 12.3. The number of hydrogen-bond acceptors (Lipinski definition) is 7. The topological polar surface area (TPSA) is 75.6 Å². The van der Waals surface area contributed by atoms with Gasteiger partial charge in [-0.25, -0.2) is 0 Å². The van der Waals surface area contributed by atoms with E-state index in [0.29, 0.717) is 59.5 Å². The van der Waals surface area contributed by atoms with Crippen LogP contribution in [0.1, 0.15) is 19.3 Å². The maximum absolute atomic E-state index is 8.50. The van der Waals surface area contributed by atoms with E-state index in [4.69, 9.17) is 33.5 Å². The zero-order valence-corrected chi connectivity index (χ0v) is 13.4. The molecule has 1 atom stereocenters. The lowest BCUT2D eigenvalue weighted by Gasteiger charge is -2.22. The Hall–Kier alpha value is -0.280. The summed E-state index contributed by atoms with van der Waals surface area (Å²) in [6.07, 6.45) is 3.24. The maximum atomic E-state index is 8.50. The highest BCUT2D eigenvalue weighted by Gasteiger charge is 2.13. The van der Waals surface area contributed by atoms with E-state index >= 15 is 0 Å². The first-order valence-electron chi connectivity index (χ1n) is 8.08. The van der Waals surface area contributed by atoms with Gasteiger partial charge >= 0.3 is 0 Å². The molecule has 1 heterocycles. The summed E-state index contributed by atoms with van der Waals surface area (Å²) in [6, 6.07) is 0. The van der Waals surface area contributed by atoms with Crippen LogP contribution < -0.4 is 0 Å². The zero-order valence-electron chi connectivity index (χ0n) is 13.4. The minimum atomic E-state index is -0.0490. The first-order chi connectivity index (χ1) is 10.9. The highest BCUT2D eigenvalue weighted by molar-refractivity contribution is 4.53. The third-order valence-electron chi connectivity index (χ3n) is 3.02. The van der Waals surface area contributed by atoms with E-state index in [-0.39, 0.29) is 12.9 Å².